The first-order valence-electron chi connectivity index (χ1n) is 6.54. The van der Waals surface area contributed by atoms with Crippen molar-refractivity contribution in [3.63, 3.8) is 0 Å². The molecule has 6 heteroatoms. The van der Waals surface area contributed by atoms with Crippen LogP contribution in [0, 0.1) is 5.41 Å². The van der Waals surface area contributed by atoms with Gasteiger partial charge in [0.2, 0.25) is 5.91 Å². The summed E-state index contributed by atoms with van der Waals surface area (Å²) in [5.74, 6) is -0.669. The highest BCUT2D eigenvalue weighted by molar-refractivity contribution is 5.94. The third-order valence-electron chi connectivity index (χ3n) is 3.67. The van der Waals surface area contributed by atoms with Crippen LogP contribution in [-0.4, -0.2) is 27.2 Å². The fourth-order valence-corrected chi connectivity index (χ4v) is 2.06. The molecule has 1 amide bonds. The van der Waals surface area contributed by atoms with E-state index in [0.29, 0.717) is 18.7 Å². The van der Waals surface area contributed by atoms with E-state index >= 15 is 0 Å². The summed E-state index contributed by atoms with van der Waals surface area (Å²) in [5.41, 5.74) is -0.0847. The number of aryl methyl sites for hydroxylation is 1. The predicted octanol–water partition coefficient (Wildman–Crippen LogP) is 2.19. The molecule has 0 aliphatic carbocycles. The monoisotopic (exact) mass is 267 g/mol. The largest absolute Gasteiger partial charge is 0.481 e. The quantitative estimate of drug-likeness (QED) is 0.705. The Kier molecular flexibility index (Phi) is 5.09. The second-order valence-corrected chi connectivity index (χ2v) is 4.64. The summed E-state index contributed by atoms with van der Waals surface area (Å²) in [6, 6.07) is 0. The molecular weight excluding hydrogens is 246 g/mol. The normalized spacial score (nSPS) is 11.3. The van der Waals surface area contributed by atoms with Crippen LogP contribution in [0.2, 0.25) is 0 Å². The maximum absolute atomic E-state index is 12.0. The zero-order valence-corrected chi connectivity index (χ0v) is 11.6. The lowest BCUT2D eigenvalue weighted by atomic mass is 9.79. The number of rotatable bonds is 7. The third-order valence-corrected chi connectivity index (χ3v) is 3.67. The molecule has 1 aromatic rings. The van der Waals surface area contributed by atoms with Crippen molar-refractivity contribution in [3.05, 3.63) is 11.8 Å². The lowest BCUT2D eigenvalue weighted by Gasteiger charge is -2.25. The van der Waals surface area contributed by atoms with Crippen molar-refractivity contribution < 1.29 is 14.7 Å². The first-order chi connectivity index (χ1) is 8.99. The number of amides is 1. The van der Waals surface area contributed by atoms with Crippen LogP contribution in [0.3, 0.4) is 0 Å². The second kappa shape index (κ2) is 6.36. The molecule has 0 aliphatic heterocycles. The van der Waals surface area contributed by atoms with E-state index in [2.05, 4.69) is 15.5 Å². The number of carbonyl (C=O) groups excluding carboxylic acids is 1. The summed E-state index contributed by atoms with van der Waals surface area (Å²) in [6.07, 6.45) is 3.22. The summed E-state index contributed by atoms with van der Waals surface area (Å²) in [6.45, 7) is 5.54. The number of aromatic nitrogens is 2. The zero-order chi connectivity index (χ0) is 14.5. The molecule has 19 heavy (non-hydrogen) atoms. The molecular formula is C13H21N3O3. The van der Waals surface area contributed by atoms with E-state index in [1.54, 1.807) is 20.0 Å². The highest BCUT2D eigenvalue weighted by Gasteiger charge is 2.37. The Morgan fingerprint density at radius 3 is 2.47 bits per heavy atom. The fourth-order valence-electron chi connectivity index (χ4n) is 2.06. The van der Waals surface area contributed by atoms with Crippen LogP contribution in [0.15, 0.2) is 6.20 Å². The van der Waals surface area contributed by atoms with Crippen LogP contribution < -0.4 is 5.32 Å². The minimum atomic E-state index is -0.990. The number of carboxylic acid groups (broad SMARTS) is 1. The van der Waals surface area contributed by atoms with Gasteiger partial charge in [0.1, 0.15) is 5.82 Å². The molecule has 6 nitrogen and oxygen atoms in total. The van der Waals surface area contributed by atoms with Crippen LogP contribution in [0.25, 0.3) is 0 Å². The van der Waals surface area contributed by atoms with Gasteiger partial charge in [-0.3, -0.25) is 14.7 Å². The molecule has 0 aliphatic rings. The Bertz CT molecular complexity index is 450. The molecule has 106 valence electrons. The first kappa shape index (κ1) is 15.2. The molecule has 0 saturated heterocycles. The van der Waals surface area contributed by atoms with Crippen molar-refractivity contribution in [2.45, 2.75) is 46.5 Å². The lowest BCUT2D eigenvalue weighted by Crippen LogP contribution is -2.34. The van der Waals surface area contributed by atoms with Gasteiger partial charge in [0.15, 0.2) is 0 Å². The average Bonchev–Trinajstić information content (AvgIpc) is 2.82. The number of H-pyrrole nitrogens is 1. The summed E-state index contributed by atoms with van der Waals surface area (Å²) >= 11 is 0. The van der Waals surface area contributed by atoms with Crippen LogP contribution in [0.1, 0.15) is 45.6 Å². The fraction of sp³-hybridized carbons (Fsp3) is 0.615. The third kappa shape index (κ3) is 3.33. The zero-order valence-electron chi connectivity index (χ0n) is 11.6. The molecule has 0 spiro atoms. The molecule has 0 bridgehead atoms. The van der Waals surface area contributed by atoms with Gasteiger partial charge in [-0.1, -0.05) is 20.8 Å². The summed E-state index contributed by atoms with van der Waals surface area (Å²) in [5, 5.41) is 18.6. The van der Waals surface area contributed by atoms with Gasteiger partial charge in [0.05, 0.1) is 11.6 Å². The number of nitrogens with one attached hydrogen (secondary N) is 2. The van der Waals surface area contributed by atoms with Gasteiger partial charge >= 0.3 is 5.97 Å². The number of aromatic amines is 1. The molecule has 3 N–H and O–H groups in total. The average molecular weight is 267 g/mol. The van der Waals surface area contributed by atoms with Gasteiger partial charge < -0.3 is 10.4 Å². The number of nitrogens with zero attached hydrogens (tertiary/aromatic N) is 1. The Morgan fingerprint density at radius 1 is 1.37 bits per heavy atom. The minimum absolute atomic E-state index is 0.0303. The Balaban J connectivity index is 2.76. The predicted molar refractivity (Wildman–Crippen MR) is 71.9 cm³/mol. The van der Waals surface area contributed by atoms with Crippen molar-refractivity contribution in [2.75, 3.05) is 5.32 Å². The molecule has 0 aromatic carbocycles. The minimum Gasteiger partial charge on any atom is -0.481 e. The van der Waals surface area contributed by atoms with Crippen LogP contribution in [0.5, 0.6) is 0 Å². The van der Waals surface area contributed by atoms with E-state index in [0.717, 1.165) is 12.0 Å². The van der Waals surface area contributed by atoms with Gasteiger partial charge in [-0.25, -0.2) is 0 Å². The standard InChI is InChI=1S/C13H21N3O3/c1-4-9-8-14-16-11(9)15-10(17)7-13(5-2,6-3)12(18)19/h8H,4-7H2,1-3H3,(H,18,19)(H2,14,15,16,17). The van der Waals surface area contributed by atoms with E-state index in [1.807, 2.05) is 6.92 Å². The molecule has 1 heterocycles. The summed E-state index contributed by atoms with van der Waals surface area (Å²) in [4.78, 5) is 23.3. The number of aliphatic carboxylic acids is 1. The van der Waals surface area contributed by atoms with E-state index in [9.17, 15) is 14.7 Å². The second-order valence-electron chi connectivity index (χ2n) is 4.64. The summed E-state index contributed by atoms with van der Waals surface area (Å²) in [7, 11) is 0. The molecule has 1 rings (SSSR count). The van der Waals surface area contributed by atoms with Crippen LogP contribution in [-0.2, 0) is 16.0 Å². The van der Waals surface area contributed by atoms with Gasteiger partial charge in [-0.2, -0.15) is 5.10 Å². The van der Waals surface area contributed by atoms with E-state index < -0.39 is 11.4 Å². The number of carboxylic acids is 1. The highest BCUT2D eigenvalue weighted by Crippen LogP contribution is 2.31. The molecule has 0 atom stereocenters. The number of hydrogen-bond donors (Lipinski definition) is 3. The summed E-state index contributed by atoms with van der Waals surface area (Å²) < 4.78 is 0. The van der Waals surface area contributed by atoms with Gasteiger partial charge in [-0.15, -0.1) is 0 Å². The maximum Gasteiger partial charge on any atom is 0.310 e. The van der Waals surface area contributed by atoms with Crippen molar-refractivity contribution in [1.82, 2.24) is 10.2 Å². The van der Waals surface area contributed by atoms with Crippen molar-refractivity contribution in [2.24, 2.45) is 5.41 Å². The van der Waals surface area contributed by atoms with Crippen molar-refractivity contribution in [3.8, 4) is 0 Å². The molecule has 0 unspecified atom stereocenters. The molecule has 0 fully saturated rings. The number of hydrogen-bond acceptors (Lipinski definition) is 3. The van der Waals surface area contributed by atoms with E-state index in [-0.39, 0.29) is 12.3 Å². The van der Waals surface area contributed by atoms with E-state index in [1.165, 1.54) is 0 Å². The molecule has 0 saturated carbocycles. The maximum atomic E-state index is 12.0. The molecule has 1 aromatic heterocycles. The lowest BCUT2D eigenvalue weighted by molar-refractivity contribution is -0.151. The van der Waals surface area contributed by atoms with Crippen LogP contribution >= 0.6 is 0 Å². The van der Waals surface area contributed by atoms with Gasteiger partial charge in [-0.05, 0) is 19.3 Å². The van der Waals surface area contributed by atoms with Crippen LogP contribution in [0.4, 0.5) is 5.82 Å². The Labute approximate surface area is 112 Å². The first-order valence-corrected chi connectivity index (χ1v) is 6.54. The van der Waals surface area contributed by atoms with Crippen molar-refractivity contribution >= 4 is 17.7 Å². The van der Waals surface area contributed by atoms with E-state index in [4.69, 9.17) is 0 Å². The Morgan fingerprint density at radius 2 is 2.00 bits per heavy atom. The van der Waals surface area contributed by atoms with Crippen molar-refractivity contribution in [1.29, 1.82) is 0 Å². The Hall–Kier alpha value is -1.85. The smallest absolute Gasteiger partial charge is 0.310 e. The highest BCUT2D eigenvalue weighted by atomic mass is 16.4. The number of anilines is 1. The topological polar surface area (TPSA) is 95.1 Å². The number of carbonyl (C=O) groups is 2. The SMILES string of the molecule is CCc1cn[nH]c1NC(=O)CC(CC)(CC)C(=O)O. The van der Waals surface area contributed by atoms with Gasteiger partial charge in [0, 0.05) is 12.0 Å². The molecule has 0 radical (unpaired) electrons. The van der Waals surface area contributed by atoms with Gasteiger partial charge in [0.25, 0.3) is 0 Å².